The lowest BCUT2D eigenvalue weighted by atomic mass is 10.1. The molecule has 3 aromatic rings. The summed E-state index contributed by atoms with van der Waals surface area (Å²) < 4.78 is 50.9. The molecule has 0 aliphatic rings. The van der Waals surface area contributed by atoms with Crippen molar-refractivity contribution in [3.05, 3.63) is 45.7 Å². The fraction of sp³-hybridized carbons (Fsp3) is 0.154. The molecule has 11 heteroatoms. The highest BCUT2D eigenvalue weighted by Gasteiger charge is 2.28. The van der Waals surface area contributed by atoms with Crippen LogP contribution in [0.3, 0.4) is 0 Å². The first-order valence-corrected chi connectivity index (χ1v) is 7.75. The van der Waals surface area contributed by atoms with Gasteiger partial charge in [-0.3, -0.25) is 4.98 Å². The predicted octanol–water partition coefficient (Wildman–Crippen LogP) is 3.53. The molecule has 2 heterocycles. The van der Waals surface area contributed by atoms with E-state index in [0.29, 0.717) is 17.3 Å². The lowest BCUT2D eigenvalue weighted by Crippen LogP contribution is -2.20. The Balaban J connectivity index is 2.12. The van der Waals surface area contributed by atoms with Gasteiger partial charge in [0.2, 0.25) is 0 Å². The summed E-state index contributed by atoms with van der Waals surface area (Å²) in [7, 11) is 0. The lowest BCUT2D eigenvalue weighted by molar-refractivity contribution is -0.105. The standard InChI is InChI=1S/C13H7ClF4N4OS/c14-9-8(6-1-3-7(15)4-2-6)10-19-11(24-5-13(16,17)18)20-12(23)22(10)21-9/h1-4H,5H2,(H,19,20,23). The molecule has 0 radical (unpaired) electrons. The molecule has 0 saturated heterocycles. The van der Waals surface area contributed by atoms with Gasteiger partial charge in [-0.1, -0.05) is 35.5 Å². The minimum atomic E-state index is -4.41. The second-order valence-electron chi connectivity index (χ2n) is 4.66. The topological polar surface area (TPSA) is 63.0 Å². The van der Waals surface area contributed by atoms with E-state index < -0.39 is 23.4 Å². The maximum Gasteiger partial charge on any atom is 0.398 e. The molecule has 0 amide bonds. The number of aromatic nitrogens is 4. The van der Waals surface area contributed by atoms with E-state index in [1.807, 2.05) is 0 Å². The van der Waals surface area contributed by atoms with Crippen LogP contribution < -0.4 is 5.69 Å². The van der Waals surface area contributed by atoms with Gasteiger partial charge in [0.25, 0.3) is 0 Å². The molecule has 3 rings (SSSR count). The zero-order valence-corrected chi connectivity index (χ0v) is 13.1. The Bertz CT molecular complexity index is 951. The average molecular weight is 379 g/mol. The van der Waals surface area contributed by atoms with Crippen LogP contribution in [0.4, 0.5) is 17.6 Å². The van der Waals surface area contributed by atoms with Crippen LogP contribution in [0, 0.1) is 5.82 Å². The Morgan fingerprint density at radius 1 is 1.25 bits per heavy atom. The van der Waals surface area contributed by atoms with Gasteiger partial charge < -0.3 is 0 Å². The number of fused-ring (bicyclic) bond motifs is 1. The quantitative estimate of drug-likeness (QED) is 0.559. The van der Waals surface area contributed by atoms with Crippen LogP contribution in [0.1, 0.15) is 0 Å². The van der Waals surface area contributed by atoms with Gasteiger partial charge in [-0.15, -0.1) is 5.10 Å². The first kappa shape index (κ1) is 16.8. The van der Waals surface area contributed by atoms with E-state index in [9.17, 15) is 22.4 Å². The summed E-state index contributed by atoms with van der Waals surface area (Å²) in [5, 5.41) is 3.52. The Morgan fingerprint density at radius 3 is 2.54 bits per heavy atom. The molecule has 24 heavy (non-hydrogen) atoms. The molecule has 1 aromatic carbocycles. The molecule has 0 unspecified atom stereocenters. The van der Waals surface area contributed by atoms with Gasteiger partial charge in [0.1, 0.15) is 5.82 Å². The van der Waals surface area contributed by atoms with E-state index in [-0.39, 0.29) is 21.5 Å². The summed E-state index contributed by atoms with van der Waals surface area (Å²) >= 11 is 6.35. The molecule has 126 valence electrons. The number of thioether (sulfide) groups is 1. The monoisotopic (exact) mass is 378 g/mol. The summed E-state index contributed by atoms with van der Waals surface area (Å²) in [6, 6.07) is 5.18. The first-order chi connectivity index (χ1) is 11.2. The second kappa shape index (κ2) is 6.10. The van der Waals surface area contributed by atoms with Gasteiger partial charge in [0.15, 0.2) is 16.0 Å². The molecular formula is C13H7ClF4N4OS. The summed E-state index contributed by atoms with van der Waals surface area (Å²) in [6.45, 7) is 0. The van der Waals surface area contributed by atoms with Crippen LogP contribution in [-0.4, -0.2) is 31.5 Å². The van der Waals surface area contributed by atoms with Crippen LogP contribution in [-0.2, 0) is 0 Å². The number of halogens is 5. The van der Waals surface area contributed by atoms with E-state index in [1.54, 1.807) is 0 Å². The Morgan fingerprint density at radius 2 is 1.92 bits per heavy atom. The number of nitrogens with zero attached hydrogens (tertiary/aromatic N) is 3. The number of hydrogen-bond acceptors (Lipinski definition) is 4. The van der Waals surface area contributed by atoms with Crippen molar-refractivity contribution in [1.82, 2.24) is 19.6 Å². The molecule has 0 atom stereocenters. The summed E-state index contributed by atoms with van der Waals surface area (Å²) in [5.41, 5.74) is -0.127. The van der Waals surface area contributed by atoms with Gasteiger partial charge in [-0.25, -0.2) is 14.2 Å². The van der Waals surface area contributed by atoms with Gasteiger partial charge >= 0.3 is 11.9 Å². The zero-order chi connectivity index (χ0) is 17.5. The zero-order valence-electron chi connectivity index (χ0n) is 11.6. The molecule has 0 bridgehead atoms. The summed E-state index contributed by atoms with van der Waals surface area (Å²) in [6.07, 6.45) is -4.41. The smallest absolute Gasteiger partial charge is 0.285 e. The maximum atomic E-state index is 13.0. The number of alkyl halides is 3. The van der Waals surface area contributed by atoms with E-state index in [4.69, 9.17) is 11.6 Å². The Labute approximate surface area is 140 Å². The van der Waals surface area contributed by atoms with Crippen LogP contribution in [0.15, 0.2) is 34.2 Å². The maximum absolute atomic E-state index is 13.0. The molecule has 0 aliphatic heterocycles. The SMILES string of the molecule is O=c1[nH]c(SCC(F)(F)F)nc2c(-c3ccc(F)cc3)c(Cl)nn12. The normalized spacial score (nSPS) is 12.0. The number of hydrogen-bond donors (Lipinski definition) is 1. The predicted molar refractivity (Wildman–Crippen MR) is 80.8 cm³/mol. The Hall–Kier alpha value is -2.07. The highest BCUT2D eigenvalue weighted by molar-refractivity contribution is 7.99. The highest BCUT2D eigenvalue weighted by atomic mass is 35.5. The third-order valence-corrected chi connectivity index (χ3v) is 4.14. The van der Waals surface area contributed by atoms with Crippen molar-refractivity contribution in [2.24, 2.45) is 0 Å². The van der Waals surface area contributed by atoms with Gasteiger partial charge in [0.05, 0.1) is 11.3 Å². The molecule has 0 saturated carbocycles. The van der Waals surface area contributed by atoms with Crippen molar-refractivity contribution >= 4 is 29.0 Å². The van der Waals surface area contributed by atoms with Crippen molar-refractivity contribution in [1.29, 1.82) is 0 Å². The largest absolute Gasteiger partial charge is 0.398 e. The van der Waals surface area contributed by atoms with Gasteiger partial charge in [-0.2, -0.15) is 17.7 Å². The first-order valence-electron chi connectivity index (χ1n) is 6.38. The third kappa shape index (κ3) is 3.39. The van der Waals surface area contributed by atoms with E-state index in [1.165, 1.54) is 24.3 Å². The second-order valence-corrected chi connectivity index (χ2v) is 5.98. The highest BCUT2D eigenvalue weighted by Crippen LogP contribution is 2.31. The minimum Gasteiger partial charge on any atom is -0.285 e. The molecule has 0 fully saturated rings. The number of nitrogens with one attached hydrogen (secondary N) is 1. The third-order valence-electron chi connectivity index (χ3n) is 2.94. The number of rotatable bonds is 3. The molecule has 0 aliphatic carbocycles. The minimum absolute atomic E-state index is 0.0139. The molecule has 0 spiro atoms. The summed E-state index contributed by atoms with van der Waals surface area (Å²) in [4.78, 5) is 18.2. The molecule has 1 N–H and O–H groups in total. The van der Waals surface area contributed by atoms with Crippen molar-refractivity contribution in [3.63, 3.8) is 0 Å². The Kier molecular flexibility index (Phi) is 4.26. The van der Waals surface area contributed by atoms with Crippen molar-refractivity contribution < 1.29 is 17.6 Å². The van der Waals surface area contributed by atoms with Crippen LogP contribution in [0.25, 0.3) is 16.8 Å². The van der Waals surface area contributed by atoms with Crippen molar-refractivity contribution in [3.8, 4) is 11.1 Å². The van der Waals surface area contributed by atoms with Gasteiger partial charge in [-0.05, 0) is 17.7 Å². The van der Waals surface area contributed by atoms with E-state index in [0.717, 1.165) is 4.52 Å². The van der Waals surface area contributed by atoms with E-state index >= 15 is 0 Å². The molecule has 2 aromatic heterocycles. The number of benzene rings is 1. The van der Waals surface area contributed by atoms with Crippen LogP contribution in [0.2, 0.25) is 5.15 Å². The van der Waals surface area contributed by atoms with Crippen LogP contribution >= 0.6 is 23.4 Å². The summed E-state index contributed by atoms with van der Waals surface area (Å²) in [5.74, 6) is -1.68. The fourth-order valence-corrected chi connectivity index (χ4v) is 2.86. The van der Waals surface area contributed by atoms with Crippen LogP contribution in [0.5, 0.6) is 0 Å². The van der Waals surface area contributed by atoms with Crippen molar-refractivity contribution in [2.45, 2.75) is 11.3 Å². The lowest BCUT2D eigenvalue weighted by Gasteiger charge is -2.05. The van der Waals surface area contributed by atoms with Crippen molar-refractivity contribution in [2.75, 3.05) is 5.75 Å². The average Bonchev–Trinajstić information content (AvgIpc) is 2.82. The number of aromatic amines is 1. The molecule has 5 nitrogen and oxygen atoms in total. The van der Waals surface area contributed by atoms with Gasteiger partial charge in [0, 0.05) is 0 Å². The fourth-order valence-electron chi connectivity index (χ4n) is 1.98. The number of H-pyrrole nitrogens is 1. The molecular weight excluding hydrogens is 372 g/mol. The van der Waals surface area contributed by atoms with E-state index in [2.05, 4.69) is 15.1 Å².